The van der Waals surface area contributed by atoms with Crippen molar-refractivity contribution in [1.82, 2.24) is 20.0 Å². The van der Waals surface area contributed by atoms with Gasteiger partial charge in [0.25, 0.3) is 11.8 Å². The first-order chi connectivity index (χ1) is 12.4. The monoisotopic (exact) mass is 422 g/mol. The zero-order chi connectivity index (χ0) is 18.8. The van der Waals surface area contributed by atoms with Crippen molar-refractivity contribution in [1.29, 1.82) is 0 Å². The molecule has 1 N–H and O–H groups in total. The van der Waals surface area contributed by atoms with Gasteiger partial charge in [0.05, 0.1) is 15.7 Å². The Morgan fingerprint density at radius 2 is 1.69 bits per heavy atom. The SMILES string of the molecule is CC(C)c1[nH]nc(C(=O)N2CCN(C(=O)c3ccccc3F)CC2)c1Br. The van der Waals surface area contributed by atoms with Crippen molar-refractivity contribution in [3.63, 3.8) is 0 Å². The van der Waals surface area contributed by atoms with Crippen LogP contribution in [0.25, 0.3) is 0 Å². The molecule has 0 radical (unpaired) electrons. The molecular formula is C18H20BrFN4O2. The van der Waals surface area contributed by atoms with Crippen molar-refractivity contribution in [2.45, 2.75) is 19.8 Å². The summed E-state index contributed by atoms with van der Waals surface area (Å²) in [6.07, 6.45) is 0. The number of aromatic amines is 1. The van der Waals surface area contributed by atoms with Crippen LogP contribution in [0, 0.1) is 5.82 Å². The second kappa shape index (κ2) is 7.57. The minimum atomic E-state index is -0.530. The van der Waals surface area contributed by atoms with Gasteiger partial charge < -0.3 is 9.80 Å². The van der Waals surface area contributed by atoms with E-state index in [1.807, 2.05) is 13.8 Å². The van der Waals surface area contributed by atoms with Gasteiger partial charge >= 0.3 is 0 Å². The molecule has 2 aromatic rings. The Balaban J connectivity index is 1.66. The maximum absolute atomic E-state index is 13.8. The first-order valence-electron chi connectivity index (χ1n) is 8.47. The van der Waals surface area contributed by atoms with E-state index in [4.69, 9.17) is 0 Å². The summed E-state index contributed by atoms with van der Waals surface area (Å²) in [6.45, 7) is 5.51. The lowest BCUT2D eigenvalue weighted by atomic mass is 10.1. The van der Waals surface area contributed by atoms with Crippen molar-refractivity contribution in [2.24, 2.45) is 0 Å². The quantitative estimate of drug-likeness (QED) is 0.826. The third kappa shape index (κ3) is 3.51. The van der Waals surface area contributed by atoms with Crippen LogP contribution in [0.2, 0.25) is 0 Å². The van der Waals surface area contributed by atoms with Crippen molar-refractivity contribution in [2.75, 3.05) is 26.2 Å². The lowest BCUT2D eigenvalue weighted by molar-refractivity contribution is 0.0529. The number of benzene rings is 1. The first kappa shape index (κ1) is 18.6. The Morgan fingerprint density at radius 3 is 2.23 bits per heavy atom. The predicted octanol–water partition coefficient (Wildman–Crippen LogP) is 3.03. The molecule has 0 aliphatic carbocycles. The molecule has 138 valence electrons. The van der Waals surface area contributed by atoms with Crippen LogP contribution in [0.3, 0.4) is 0 Å². The molecule has 1 aromatic carbocycles. The lowest BCUT2D eigenvalue weighted by Gasteiger charge is -2.34. The highest BCUT2D eigenvalue weighted by molar-refractivity contribution is 9.10. The molecule has 8 heteroatoms. The summed E-state index contributed by atoms with van der Waals surface area (Å²) < 4.78 is 14.5. The summed E-state index contributed by atoms with van der Waals surface area (Å²) in [7, 11) is 0. The lowest BCUT2D eigenvalue weighted by Crippen LogP contribution is -2.50. The summed E-state index contributed by atoms with van der Waals surface area (Å²) in [5.74, 6) is -0.845. The van der Waals surface area contributed by atoms with E-state index >= 15 is 0 Å². The summed E-state index contributed by atoms with van der Waals surface area (Å²) in [5.41, 5.74) is 1.29. The Morgan fingerprint density at radius 1 is 1.12 bits per heavy atom. The molecule has 3 rings (SSSR count). The van der Waals surface area contributed by atoms with Gasteiger partial charge in [0.2, 0.25) is 0 Å². The van der Waals surface area contributed by atoms with E-state index < -0.39 is 5.82 Å². The molecule has 2 heterocycles. The molecule has 0 spiro atoms. The minimum absolute atomic E-state index is 0.0592. The molecule has 6 nitrogen and oxygen atoms in total. The molecule has 1 saturated heterocycles. The van der Waals surface area contributed by atoms with Crippen LogP contribution in [0.5, 0.6) is 0 Å². The smallest absolute Gasteiger partial charge is 0.275 e. The maximum atomic E-state index is 13.8. The maximum Gasteiger partial charge on any atom is 0.275 e. The third-order valence-electron chi connectivity index (χ3n) is 4.47. The molecular weight excluding hydrogens is 403 g/mol. The van der Waals surface area contributed by atoms with Gasteiger partial charge in [-0.1, -0.05) is 26.0 Å². The summed E-state index contributed by atoms with van der Waals surface area (Å²) in [4.78, 5) is 28.4. The summed E-state index contributed by atoms with van der Waals surface area (Å²) >= 11 is 3.45. The fourth-order valence-electron chi connectivity index (χ4n) is 2.93. The number of nitrogens with one attached hydrogen (secondary N) is 1. The number of carbonyl (C=O) groups excluding carboxylic acids is 2. The molecule has 0 bridgehead atoms. The van der Waals surface area contributed by atoms with Gasteiger partial charge in [-0.05, 0) is 34.0 Å². The summed E-state index contributed by atoms with van der Waals surface area (Å²) in [6, 6.07) is 5.94. The molecule has 0 unspecified atom stereocenters. The topological polar surface area (TPSA) is 69.3 Å². The first-order valence-corrected chi connectivity index (χ1v) is 9.26. The van der Waals surface area contributed by atoms with Crippen molar-refractivity contribution in [3.05, 3.63) is 51.5 Å². The molecule has 1 aliphatic heterocycles. The van der Waals surface area contributed by atoms with Gasteiger partial charge in [-0.2, -0.15) is 5.10 Å². The molecule has 1 aromatic heterocycles. The molecule has 0 saturated carbocycles. The zero-order valence-electron chi connectivity index (χ0n) is 14.6. The average Bonchev–Trinajstić information content (AvgIpc) is 3.03. The van der Waals surface area contributed by atoms with Crippen LogP contribution in [0.1, 0.15) is 46.3 Å². The number of hydrogen-bond donors (Lipinski definition) is 1. The number of rotatable bonds is 3. The average molecular weight is 423 g/mol. The standard InChI is InChI=1S/C18H20BrFN4O2/c1-11(2)15-14(19)16(22-21-15)18(26)24-9-7-23(8-10-24)17(25)12-5-3-4-6-13(12)20/h3-6,11H,7-10H2,1-2H3,(H,21,22). The van der Waals surface area contributed by atoms with Gasteiger partial charge in [0, 0.05) is 26.2 Å². The normalized spacial score (nSPS) is 14.8. The van der Waals surface area contributed by atoms with Crippen molar-refractivity contribution >= 4 is 27.7 Å². The molecule has 2 amide bonds. The second-order valence-electron chi connectivity index (χ2n) is 6.52. The zero-order valence-corrected chi connectivity index (χ0v) is 16.2. The van der Waals surface area contributed by atoms with Gasteiger partial charge in [-0.15, -0.1) is 0 Å². The predicted molar refractivity (Wildman–Crippen MR) is 98.6 cm³/mol. The Hall–Kier alpha value is -2.22. The van der Waals surface area contributed by atoms with Crippen LogP contribution in [-0.2, 0) is 0 Å². The van der Waals surface area contributed by atoms with Gasteiger partial charge in [0.15, 0.2) is 5.69 Å². The molecule has 1 aliphatic rings. The number of aromatic nitrogens is 2. The number of hydrogen-bond acceptors (Lipinski definition) is 3. The number of nitrogens with zero attached hydrogens (tertiary/aromatic N) is 3. The van der Waals surface area contributed by atoms with Crippen LogP contribution in [-0.4, -0.2) is 58.0 Å². The van der Waals surface area contributed by atoms with E-state index in [2.05, 4.69) is 26.1 Å². The second-order valence-corrected chi connectivity index (χ2v) is 7.31. The highest BCUT2D eigenvalue weighted by Gasteiger charge is 2.29. The Bertz CT molecular complexity index is 828. The third-order valence-corrected chi connectivity index (χ3v) is 5.27. The Labute approximate surface area is 159 Å². The minimum Gasteiger partial charge on any atom is -0.335 e. The van der Waals surface area contributed by atoms with E-state index in [-0.39, 0.29) is 23.3 Å². The number of carbonyl (C=O) groups is 2. The number of amides is 2. The fourth-order valence-corrected chi connectivity index (χ4v) is 3.74. The number of H-pyrrole nitrogens is 1. The molecule has 0 atom stereocenters. The van der Waals surface area contributed by atoms with Crippen LogP contribution in [0.4, 0.5) is 4.39 Å². The van der Waals surface area contributed by atoms with Gasteiger partial charge in [-0.3, -0.25) is 14.7 Å². The molecule has 1 fully saturated rings. The van der Waals surface area contributed by atoms with E-state index in [0.717, 1.165) is 5.69 Å². The highest BCUT2D eigenvalue weighted by atomic mass is 79.9. The van der Waals surface area contributed by atoms with Crippen LogP contribution < -0.4 is 0 Å². The fraction of sp³-hybridized carbons (Fsp3) is 0.389. The van der Waals surface area contributed by atoms with E-state index in [9.17, 15) is 14.0 Å². The summed E-state index contributed by atoms with van der Waals surface area (Å²) in [5, 5.41) is 7.03. The van der Waals surface area contributed by atoms with E-state index in [1.165, 1.54) is 12.1 Å². The van der Waals surface area contributed by atoms with Crippen LogP contribution >= 0.6 is 15.9 Å². The Kier molecular flexibility index (Phi) is 5.41. The number of halogens is 2. The van der Waals surface area contributed by atoms with Gasteiger partial charge in [0.1, 0.15) is 5.82 Å². The van der Waals surface area contributed by atoms with Crippen LogP contribution in [0.15, 0.2) is 28.7 Å². The van der Waals surface area contributed by atoms with Gasteiger partial charge in [-0.25, -0.2) is 4.39 Å². The number of piperazine rings is 1. The molecule has 26 heavy (non-hydrogen) atoms. The van der Waals surface area contributed by atoms with E-state index in [1.54, 1.807) is 21.9 Å². The largest absolute Gasteiger partial charge is 0.335 e. The van der Waals surface area contributed by atoms with Crippen molar-refractivity contribution in [3.8, 4) is 0 Å². The highest BCUT2D eigenvalue weighted by Crippen LogP contribution is 2.26. The van der Waals surface area contributed by atoms with Crippen molar-refractivity contribution < 1.29 is 14.0 Å². The van der Waals surface area contributed by atoms with E-state index in [0.29, 0.717) is 36.3 Å².